The lowest BCUT2D eigenvalue weighted by atomic mass is 9.49. The van der Waals surface area contributed by atoms with Crippen LogP contribution in [-0.4, -0.2) is 28.6 Å². The van der Waals surface area contributed by atoms with Crippen LogP contribution in [0.25, 0.3) is 0 Å². The fourth-order valence-electron chi connectivity index (χ4n) is 7.54. The SMILES string of the molecule is CC12CC(O)C3C4CCC(=O)C=C4CCC3C1CCC21CCC(=O)O1. The Labute approximate surface area is 149 Å². The van der Waals surface area contributed by atoms with E-state index in [4.69, 9.17) is 4.74 Å². The summed E-state index contributed by atoms with van der Waals surface area (Å²) < 4.78 is 5.92. The topological polar surface area (TPSA) is 63.6 Å². The first kappa shape index (κ1) is 16.0. The van der Waals surface area contributed by atoms with Gasteiger partial charge in [0.2, 0.25) is 0 Å². The standard InChI is InChI=1S/C21H28O4/c1-20-11-17(23)19-14-5-3-13(22)10-12(14)2-4-15(19)16(20)6-8-21(20)9-7-18(24)25-21/h10,14-17,19,23H,2-9,11H2,1H3. The van der Waals surface area contributed by atoms with E-state index in [2.05, 4.69) is 6.92 Å². The summed E-state index contributed by atoms with van der Waals surface area (Å²) in [7, 11) is 0. The molecule has 4 fully saturated rings. The zero-order chi connectivity index (χ0) is 17.4. The Balaban J connectivity index is 1.50. The Bertz CT molecular complexity index is 667. The van der Waals surface area contributed by atoms with Crippen molar-refractivity contribution in [2.24, 2.45) is 29.1 Å². The van der Waals surface area contributed by atoms with E-state index in [1.807, 2.05) is 6.08 Å². The molecule has 3 saturated carbocycles. The Hall–Kier alpha value is -1.16. The molecule has 25 heavy (non-hydrogen) atoms. The zero-order valence-electron chi connectivity index (χ0n) is 15.0. The van der Waals surface area contributed by atoms with Crippen molar-refractivity contribution in [3.63, 3.8) is 0 Å². The summed E-state index contributed by atoms with van der Waals surface area (Å²) in [6.45, 7) is 2.28. The van der Waals surface area contributed by atoms with Crippen molar-refractivity contribution < 1.29 is 19.4 Å². The lowest BCUT2D eigenvalue weighted by Gasteiger charge is -2.57. The molecule has 7 unspecified atom stereocenters. The molecule has 1 spiro atoms. The van der Waals surface area contributed by atoms with Crippen molar-refractivity contribution in [1.82, 2.24) is 0 Å². The van der Waals surface area contributed by atoms with Crippen molar-refractivity contribution in [2.45, 2.75) is 76.4 Å². The van der Waals surface area contributed by atoms with Crippen molar-refractivity contribution >= 4 is 11.8 Å². The van der Waals surface area contributed by atoms with Crippen LogP contribution in [0.15, 0.2) is 11.6 Å². The Morgan fingerprint density at radius 3 is 2.72 bits per heavy atom. The molecule has 136 valence electrons. The second-order valence-corrected chi connectivity index (χ2v) is 9.41. The summed E-state index contributed by atoms with van der Waals surface area (Å²) in [5.41, 5.74) is 0.866. The van der Waals surface area contributed by atoms with Gasteiger partial charge in [-0.1, -0.05) is 12.5 Å². The van der Waals surface area contributed by atoms with Gasteiger partial charge in [-0.15, -0.1) is 0 Å². The van der Waals surface area contributed by atoms with Gasteiger partial charge >= 0.3 is 5.97 Å². The van der Waals surface area contributed by atoms with E-state index in [0.717, 1.165) is 44.9 Å². The molecule has 0 radical (unpaired) electrons. The maximum absolute atomic E-state index is 11.9. The smallest absolute Gasteiger partial charge is 0.306 e. The van der Waals surface area contributed by atoms with Gasteiger partial charge < -0.3 is 9.84 Å². The number of carbonyl (C=O) groups is 2. The summed E-state index contributed by atoms with van der Waals surface area (Å²) in [6, 6.07) is 0. The zero-order valence-corrected chi connectivity index (χ0v) is 15.0. The van der Waals surface area contributed by atoms with E-state index in [1.165, 1.54) is 5.57 Å². The average molecular weight is 344 g/mol. The van der Waals surface area contributed by atoms with Crippen molar-refractivity contribution in [3.8, 4) is 0 Å². The van der Waals surface area contributed by atoms with E-state index in [-0.39, 0.29) is 28.9 Å². The molecule has 1 saturated heterocycles. The quantitative estimate of drug-likeness (QED) is 0.686. The normalized spacial score (nSPS) is 51.6. The number of esters is 1. The van der Waals surface area contributed by atoms with Gasteiger partial charge in [0, 0.05) is 18.3 Å². The monoisotopic (exact) mass is 344 g/mol. The molecule has 0 amide bonds. The van der Waals surface area contributed by atoms with Crippen LogP contribution in [0.2, 0.25) is 0 Å². The third kappa shape index (κ3) is 2.03. The number of hydrogen-bond donors (Lipinski definition) is 1. The predicted octanol–water partition coefficient (Wildman–Crippen LogP) is 3.17. The third-order valence-electron chi connectivity index (χ3n) is 8.60. The number of allylic oxidation sites excluding steroid dienone is 1. The van der Waals surface area contributed by atoms with Crippen LogP contribution in [0, 0.1) is 29.1 Å². The molecule has 1 heterocycles. The molecule has 5 aliphatic rings. The maximum atomic E-state index is 11.9. The van der Waals surface area contributed by atoms with Gasteiger partial charge in [0.05, 0.1) is 6.10 Å². The van der Waals surface area contributed by atoms with Gasteiger partial charge in [0.25, 0.3) is 0 Å². The largest absolute Gasteiger partial charge is 0.458 e. The van der Waals surface area contributed by atoms with Gasteiger partial charge in [-0.3, -0.25) is 9.59 Å². The molecule has 5 rings (SSSR count). The minimum Gasteiger partial charge on any atom is -0.458 e. The van der Waals surface area contributed by atoms with Crippen molar-refractivity contribution in [3.05, 3.63) is 11.6 Å². The molecular formula is C21H28O4. The number of rotatable bonds is 0. The van der Waals surface area contributed by atoms with Crippen LogP contribution in [0.4, 0.5) is 0 Å². The molecule has 0 aromatic rings. The second kappa shape index (κ2) is 5.18. The highest BCUT2D eigenvalue weighted by atomic mass is 16.6. The van der Waals surface area contributed by atoms with Crippen LogP contribution in [-0.2, 0) is 14.3 Å². The predicted molar refractivity (Wildman–Crippen MR) is 91.5 cm³/mol. The molecule has 0 aromatic carbocycles. The summed E-state index contributed by atoms with van der Waals surface area (Å²) in [5.74, 6) is 1.92. The number of hydrogen-bond acceptors (Lipinski definition) is 4. The minimum absolute atomic E-state index is 0.0573. The van der Waals surface area contributed by atoms with Gasteiger partial charge in [0.15, 0.2) is 5.78 Å². The van der Waals surface area contributed by atoms with Crippen LogP contribution < -0.4 is 0 Å². The average Bonchev–Trinajstić information content (AvgIpc) is 3.08. The van der Waals surface area contributed by atoms with Gasteiger partial charge in [0.1, 0.15) is 5.60 Å². The van der Waals surface area contributed by atoms with Crippen LogP contribution in [0.3, 0.4) is 0 Å². The number of ketones is 1. The van der Waals surface area contributed by atoms with Gasteiger partial charge in [-0.25, -0.2) is 0 Å². The minimum atomic E-state index is -0.345. The fraction of sp³-hybridized carbons (Fsp3) is 0.810. The molecule has 7 atom stereocenters. The molecule has 0 bridgehead atoms. The Morgan fingerprint density at radius 1 is 1.12 bits per heavy atom. The molecule has 0 aromatic heterocycles. The maximum Gasteiger partial charge on any atom is 0.306 e. The van der Waals surface area contributed by atoms with Gasteiger partial charge in [-0.2, -0.15) is 0 Å². The highest BCUT2D eigenvalue weighted by Gasteiger charge is 2.67. The molecule has 4 aliphatic carbocycles. The number of carbonyl (C=O) groups excluding carboxylic acids is 2. The van der Waals surface area contributed by atoms with E-state index in [1.54, 1.807) is 0 Å². The lowest BCUT2D eigenvalue weighted by molar-refractivity contribution is -0.178. The highest BCUT2D eigenvalue weighted by molar-refractivity contribution is 5.91. The highest BCUT2D eigenvalue weighted by Crippen LogP contribution is 2.67. The first-order chi connectivity index (χ1) is 11.9. The summed E-state index contributed by atoms with van der Waals surface area (Å²) >= 11 is 0. The summed E-state index contributed by atoms with van der Waals surface area (Å²) in [6.07, 6.45) is 9.32. The first-order valence-corrected chi connectivity index (χ1v) is 10.1. The van der Waals surface area contributed by atoms with E-state index in [9.17, 15) is 14.7 Å². The summed E-state index contributed by atoms with van der Waals surface area (Å²) in [4.78, 5) is 23.7. The van der Waals surface area contributed by atoms with Crippen molar-refractivity contribution in [1.29, 1.82) is 0 Å². The number of ether oxygens (including phenoxy) is 1. The number of aliphatic hydroxyl groups excluding tert-OH is 1. The third-order valence-corrected chi connectivity index (χ3v) is 8.60. The molecule has 1 N–H and O–H groups in total. The van der Waals surface area contributed by atoms with Crippen LogP contribution >= 0.6 is 0 Å². The molecule has 1 aliphatic heterocycles. The fourth-order valence-corrected chi connectivity index (χ4v) is 7.54. The second-order valence-electron chi connectivity index (χ2n) is 9.41. The van der Waals surface area contributed by atoms with Gasteiger partial charge in [-0.05, 0) is 74.7 Å². The molecular weight excluding hydrogens is 316 g/mol. The van der Waals surface area contributed by atoms with Crippen LogP contribution in [0.5, 0.6) is 0 Å². The first-order valence-electron chi connectivity index (χ1n) is 10.1. The molecule has 4 heteroatoms. The Morgan fingerprint density at radius 2 is 1.96 bits per heavy atom. The Kier molecular flexibility index (Phi) is 3.33. The molecule has 4 nitrogen and oxygen atoms in total. The van der Waals surface area contributed by atoms with E-state index < -0.39 is 0 Å². The van der Waals surface area contributed by atoms with Crippen LogP contribution in [0.1, 0.15) is 64.7 Å². The van der Waals surface area contributed by atoms with E-state index in [0.29, 0.717) is 36.5 Å². The lowest BCUT2D eigenvalue weighted by Crippen LogP contribution is -2.57. The number of aliphatic hydroxyl groups is 1. The summed E-state index contributed by atoms with van der Waals surface area (Å²) in [5, 5.41) is 11.2. The van der Waals surface area contributed by atoms with Crippen molar-refractivity contribution in [2.75, 3.05) is 0 Å². The van der Waals surface area contributed by atoms with E-state index >= 15 is 0 Å². The number of fused-ring (bicyclic) bond motifs is 6.